The van der Waals surface area contributed by atoms with Crippen LogP contribution in [0.25, 0.3) is 0 Å². The Bertz CT molecular complexity index is 619. The Kier molecular flexibility index (Phi) is 5.63. The van der Waals surface area contributed by atoms with Gasteiger partial charge in [0.15, 0.2) is 9.84 Å². The van der Waals surface area contributed by atoms with Crippen LogP contribution in [0.1, 0.15) is 6.42 Å². The van der Waals surface area contributed by atoms with Crippen LogP contribution in [-0.4, -0.2) is 43.4 Å². The lowest BCUT2D eigenvalue weighted by molar-refractivity contribution is -0.113. The zero-order valence-electron chi connectivity index (χ0n) is 11.5. The van der Waals surface area contributed by atoms with Crippen LogP contribution in [-0.2, 0) is 14.6 Å². The number of halogens is 2. The largest absolute Gasteiger partial charge is 0.435 e. The zero-order valence-corrected chi connectivity index (χ0v) is 13.1. The molecule has 0 aliphatic carbocycles. The van der Waals surface area contributed by atoms with Gasteiger partial charge in [0.05, 0.1) is 17.3 Å². The average molecular weight is 351 g/mol. The second kappa shape index (κ2) is 7.28. The van der Waals surface area contributed by atoms with E-state index in [4.69, 9.17) is 0 Å². The Balaban J connectivity index is 1.77. The lowest BCUT2D eigenvalue weighted by atomic mass is 10.3. The molecule has 1 fully saturated rings. The Hall–Kier alpha value is -1.35. The van der Waals surface area contributed by atoms with Crippen molar-refractivity contribution in [3.63, 3.8) is 0 Å². The molecule has 1 aliphatic rings. The molecule has 1 aromatic carbocycles. The summed E-state index contributed by atoms with van der Waals surface area (Å²) in [6.07, 6.45) is 0.569. The number of ether oxygens (including phenoxy) is 1. The number of nitrogens with one attached hydrogen (secondary N) is 1. The maximum atomic E-state index is 12.0. The van der Waals surface area contributed by atoms with Crippen molar-refractivity contribution >= 4 is 33.2 Å². The second-order valence-corrected chi connectivity index (χ2v) is 8.30. The van der Waals surface area contributed by atoms with Gasteiger partial charge >= 0.3 is 6.61 Å². The first kappa shape index (κ1) is 17.0. The number of sulfone groups is 1. The van der Waals surface area contributed by atoms with E-state index in [0.29, 0.717) is 12.1 Å². The molecule has 0 unspecified atom stereocenters. The number of hydrogen-bond donors (Lipinski definition) is 1. The Morgan fingerprint density at radius 1 is 1.36 bits per heavy atom. The first-order chi connectivity index (χ1) is 10.3. The standard InChI is InChI=1S/C13H15F2NO4S2/c14-13(15)20-10-3-1-9(2-4-10)16-12(17)7-21-11-5-6-22(18,19)8-11/h1-4,11,13H,5-8H2,(H,16,17)/t11-/m0/s1. The molecule has 0 saturated carbocycles. The van der Waals surface area contributed by atoms with Gasteiger partial charge in [-0.2, -0.15) is 8.78 Å². The van der Waals surface area contributed by atoms with Crippen LogP contribution >= 0.6 is 11.8 Å². The third kappa shape index (κ3) is 5.45. The monoisotopic (exact) mass is 351 g/mol. The molecule has 1 N–H and O–H groups in total. The van der Waals surface area contributed by atoms with E-state index in [1.165, 1.54) is 36.0 Å². The molecule has 0 aromatic heterocycles. The van der Waals surface area contributed by atoms with Gasteiger partial charge in [-0.1, -0.05) is 0 Å². The number of amides is 1. The lowest BCUT2D eigenvalue weighted by Crippen LogP contribution is -2.17. The van der Waals surface area contributed by atoms with Crippen molar-refractivity contribution in [2.75, 3.05) is 22.6 Å². The molecule has 0 spiro atoms. The van der Waals surface area contributed by atoms with Crippen LogP contribution in [0.4, 0.5) is 14.5 Å². The number of anilines is 1. The smallest absolute Gasteiger partial charge is 0.387 e. The summed E-state index contributed by atoms with van der Waals surface area (Å²) in [4.78, 5) is 11.8. The average Bonchev–Trinajstić information content (AvgIpc) is 2.78. The minimum Gasteiger partial charge on any atom is -0.435 e. The van der Waals surface area contributed by atoms with Crippen LogP contribution in [0.2, 0.25) is 0 Å². The Morgan fingerprint density at radius 2 is 2.05 bits per heavy atom. The normalized spacial score (nSPS) is 20.0. The predicted octanol–water partition coefficient (Wildman–Crippen LogP) is 2.15. The Labute approximate surface area is 131 Å². The molecule has 5 nitrogen and oxygen atoms in total. The van der Waals surface area contributed by atoms with Crippen LogP contribution in [0, 0.1) is 0 Å². The summed E-state index contributed by atoms with van der Waals surface area (Å²) in [7, 11) is -2.94. The van der Waals surface area contributed by atoms with Crippen LogP contribution in [0.15, 0.2) is 24.3 Å². The summed E-state index contributed by atoms with van der Waals surface area (Å²) in [5.74, 6) is 0.188. The SMILES string of the molecule is O=C(CS[C@H]1CCS(=O)(=O)C1)Nc1ccc(OC(F)F)cc1. The van der Waals surface area contributed by atoms with Crippen molar-refractivity contribution in [3.8, 4) is 5.75 Å². The zero-order chi connectivity index (χ0) is 16.2. The number of hydrogen-bond acceptors (Lipinski definition) is 5. The molecule has 1 saturated heterocycles. The minimum atomic E-state index is -2.94. The second-order valence-electron chi connectivity index (χ2n) is 4.79. The summed E-state index contributed by atoms with van der Waals surface area (Å²) in [5.41, 5.74) is 0.464. The summed E-state index contributed by atoms with van der Waals surface area (Å²) in [6, 6.07) is 5.58. The van der Waals surface area contributed by atoms with Crippen molar-refractivity contribution in [2.45, 2.75) is 18.3 Å². The maximum absolute atomic E-state index is 12.0. The highest BCUT2D eigenvalue weighted by Gasteiger charge is 2.28. The molecule has 0 bridgehead atoms. The summed E-state index contributed by atoms with van der Waals surface area (Å²) in [5, 5.41) is 2.57. The van der Waals surface area contributed by atoms with E-state index < -0.39 is 16.4 Å². The number of carbonyl (C=O) groups is 1. The summed E-state index contributed by atoms with van der Waals surface area (Å²) >= 11 is 1.31. The van der Waals surface area contributed by atoms with E-state index in [2.05, 4.69) is 10.1 Å². The van der Waals surface area contributed by atoms with Gasteiger partial charge in [-0.15, -0.1) is 11.8 Å². The topological polar surface area (TPSA) is 72.5 Å². The van der Waals surface area contributed by atoms with Gasteiger partial charge in [-0.25, -0.2) is 8.42 Å². The van der Waals surface area contributed by atoms with E-state index in [-0.39, 0.29) is 34.2 Å². The predicted molar refractivity (Wildman–Crippen MR) is 81.2 cm³/mol. The van der Waals surface area contributed by atoms with E-state index in [1.54, 1.807) is 0 Å². The summed E-state index contributed by atoms with van der Waals surface area (Å²) in [6.45, 7) is -2.89. The lowest BCUT2D eigenvalue weighted by Gasteiger charge is -2.09. The molecule has 1 atom stereocenters. The van der Waals surface area contributed by atoms with Crippen molar-refractivity contribution in [3.05, 3.63) is 24.3 Å². The van der Waals surface area contributed by atoms with Crippen molar-refractivity contribution in [1.82, 2.24) is 0 Å². The number of carbonyl (C=O) groups excluding carboxylic acids is 1. The molecule has 1 aromatic rings. The molecule has 9 heteroatoms. The van der Waals surface area contributed by atoms with Gasteiger partial charge < -0.3 is 10.1 Å². The summed E-state index contributed by atoms with van der Waals surface area (Å²) < 4.78 is 50.8. The van der Waals surface area contributed by atoms with E-state index in [1.807, 2.05) is 0 Å². The molecule has 1 aliphatic heterocycles. The quantitative estimate of drug-likeness (QED) is 0.850. The fourth-order valence-corrected chi connectivity index (χ4v) is 5.45. The van der Waals surface area contributed by atoms with Crippen LogP contribution in [0.5, 0.6) is 5.75 Å². The van der Waals surface area contributed by atoms with Crippen LogP contribution in [0.3, 0.4) is 0 Å². The van der Waals surface area contributed by atoms with E-state index >= 15 is 0 Å². The van der Waals surface area contributed by atoms with Gasteiger partial charge in [0, 0.05) is 10.9 Å². The first-order valence-electron chi connectivity index (χ1n) is 6.51. The van der Waals surface area contributed by atoms with Crippen molar-refractivity contribution in [1.29, 1.82) is 0 Å². The van der Waals surface area contributed by atoms with E-state index in [0.717, 1.165) is 0 Å². The number of rotatable bonds is 6. The molecule has 2 rings (SSSR count). The highest BCUT2D eigenvalue weighted by atomic mass is 32.2. The fraction of sp³-hybridized carbons (Fsp3) is 0.462. The van der Waals surface area contributed by atoms with Crippen molar-refractivity contribution in [2.24, 2.45) is 0 Å². The highest BCUT2D eigenvalue weighted by molar-refractivity contribution is 8.02. The molecular formula is C13H15F2NO4S2. The maximum Gasteiger partial charge on any atom is 0.387 e. The number of benzene rings is 1. The molecule has 1 heterocycles. The third-order valence-corrected chi connectivity index (χ3v) is 6.29. The molecule has 22 heavy (non-hydrogen) atoms. The van der Waals surface area contributed by atoms with Gasteiger partial charge in [0.1, 0.15) is 5.75 Å². The first-order valence-corrected chi connectivity index (χ1v) is 9.38. The highest BCUT2D eigenvalue weighted by Crippen LogP contribution is 2.24. The number of alkyl halides is 2. The molecular weight excluding hydrogens is 336 g/mol. The minimum absolute atomic E-state index is 0.0125. The van der Waals surface area contributed by atoms with E-state index in [9.17, 15) is 22.0 Å². The number of thioether (sulfide) groups is 1. The van der Waals surface area contributed by atoms with Crippen LogP contribution < -0.4 is 10.1 Å². The third-order valence-electron chi connectivity index (χ3n) is 3.00. The molecule has 122 valence electrons. The van der Waals surface area contributed by atoms with Gasteiger partial charge in [-0.3, -0.25) is 4.79 Å². The fourth-order valence-electron chi connectivity index (χ4n) is 2.00. The van der Waals surface area contributed by atoms with Gasteiger partial charge in [0.25, 0.3) is 0 Å². The van der Waals surface area contributed by atoms with Gasteiger partial charge in [-0.05, 0) is 30.7 Å². The molecule has 1 amide bonds. The van der Waals surface area contributed by atoms with Gasteiger partial charge in [0.2, 0.25) is 5.91 Å². The molecule has 0 radical (unpaired) electrons. The Morgan fingerprint density at radius 3 is 2.59 bits per heavy atom. The van der Waals surface area contributed by atoms with Crippen molar-refractivity contribution < 1.29 is 26.7 Å².